The lowest BCUT2D eigenvalue weighted by molar-refractivity contribution is 1.29. The standard InChI is InChI=1S/C58H37N/c1-2-13-40-34-42(25-24-38(40)12-1)41-14-11-15-45(35-41)59(46-31-33-56-52-21-6-4-17-48(52)50-19-8-10-23-54(50)58(56)37-46)44-29-26-39(27-30-44)43-28-32-55-51-20-5-3-16-47(51)49-18-7-9-22-53(49)57(55)36-43/h1-37H. The number of hydrogen-bond acceptors (Lipinski definition) is 1. The van der Waals surface area contributed by atoms with E-state index >= 15 is 0 Å². The Hall–Kier alpha value is -7.74. The number of anilines is 3. The van der Waals surface area contributed by atoms with Crippen LogP contribution in [0.3, 0.4) is 0 Å². The number of rotatable bonds is 5. The van der Waals surface area contributed by atoms with Crippen molar-refractivity contribution in [3.63, 3.8) is 0 Å². The van der Waals surface area contributed by atoms with Crippen LogP contribution in [0.25, 0.3) is 97.7 Å². The average molecular weight is 748 g/mol. The Labute approximate surface area is 342 Å². The molecule has 0 spiro atoms. The molecule has 0 atom stereocenters. The second kappa shape index (κ2) is 13.4. The van der Waals surface area contributed by atoms with Crippen LogP contribution in [0.2, 0.25) is 0 Å². The summed E-state index contributed by atoms with van der Waals surface area (Å²) in [5, 5.41) is 17.8. The Morgan fingerprint density at radius 1 is 0.186 bits per heavy atom. The third-order valence-electron chi connectivity index (χ3n) is 12.4. The number of fused-ring (bicyclic) bond motifs is 13. The Kier molecular flexibility index (Phi) is 7.61. The molecule has 12 aromatic rings. The van der Waals surface area contributed by atoms with Crippen LogP contribution in [0.1, 0.15) is 0 Å². The van der Waals surface area contributed by atoms with E-state index in [0.29, 0.717) is 0 Å². The van der Waals surface area contributed by atoms with Crippen molar-refractivity contribution in [3.8, 4) is 22.3 Å². The van der Waals surface area contributed by atoms with Crippen molar-refractivity contribution >= 4 is 92.5 Å². The number of benzene rings is 12. The quantitative estimate of drug-likeness (QED) is 0.159. The molecule has 0 aliphatic carbocycles. The van der Waals surface area contributed by atoms with E-state index in [4.69, 9.17) is 0 Å². The van der Waals surface area contributed by atoms with Gasteiger partial charge < -0.3 is 4.90 Å². The van der Waals surface area contributed by atoms with E-state index in [2.05, 4.69) is 229 Å². The monoisotopic (exact) mass is 747 g/mol. The minimum Gasteiger partial charge on any atom is -0.310 e. The van der Waals surface area contributed by atoms with Crippen LogP contribution in [-0.2, 0) is 0 Å². The van der Waals surface area contributed by atoms with Gasteiger partial charge in [-0.25, -0.2) is 0 Å². The van der Waals surface area contributed by atoms with Crippen molar-refractivity contribution in [2.24, 2.45) is 0 Å². The van der Waals surface area contributed by atoms with E-state index in [0.717, 1.165) is 17.1 Å². The topological polar surface area (TPSA) is 3.24 Å². The van der Waals surface area contributed by atoms with Crippen LogP contribution < -0.4 is 4.90 Å². The molecule has 0 saturated heterocycles. The summed E-state index contributed by atoms with van der Waals surface area (Å²) in [6.07, 6.45) is 0. The fourth-order valence-electron chi connectivity index (χ4n) is 9.57. The van der Waals surface area contributed by atoms with Crippen LogP contribution >= 0.6 is 0 Å². The summed E-state index contributed by atoms with van der Waals surface area (Å²) in [6.45, 7) is 0. The molecular weight excluding hydrogens is 711 g/mol. The van der Waals surface area contributed by atoms with Gasteiger partial charge in [0.05, 0.1) is 0 Å². The van der Waals surface area contributed by atoms with Crippen molar-refractivity contribution in [2.75, 3.05) is 4.90 Å². The normalized spacial score (nSPS) is 11.7. The average Bonchev–Trinajstić information content (AvgIpc) is 3.32. The largest absolute Gasteiger partial charge is 0.310 e. The highest BCUT2D eigenvalue weighted by Crippen LogP contribution is 2.43. The SMILES string of the molecule is c1cc(-c2ccc3ccccc3c2)cc(N(c2ccc(-c3ccc4c5ccccc5c5ccccc5c4c3)cc2)c2ccc3c4ccccc4c4ccccc4c3c2)c1. The van der Waals surface area contributed by atoms with E-state index in [9.17, 15) is 0 Å². The van der Waals surface area contributed by atoms with Gasteiger partial charge in [-0.15, -0.1) is 0 Å². The van der Waals surface area contributed by atoms with Crippen molar-refractivity contribution < 1.29 is 0 Å². The molecule has 0 amide bonds. The van der Waals surface area contributed by atoms with Crippen LogP contribution in [0.15, 0.2) is 224 Å². The molecule has 59 heavy (non-hydrogen) atoms. The number of nitrogens with zero attached hydrogens (tertiary/aromatic N) is 1. The van der Waals surface area contributed by atoms with E-state index in [1.54, 1.807) is 0 Å². The van der Waals surface area contributed by atoms with Crippen molar-refractivity contribution in [3.05, 3.63) is 224 Å². The molecule has 0 fully saturated rings. The van der Waals surface area contributed by atoms with Gasteiger partial charge in [-0.2, -0.15) is 0 Å². The molecule has 274 valence electrons. The molecule has 0 aromatic heterocycles. The van der Waals surface area contributed by atoms with Gasteiger partial charge >= 0.3 is 0 Å². The lowest BCUT2D eigenvalue weighted by atomic mass is 9.92. The first kappa shape index (κ1) is 33.4. The molecule has 0 radical (unpaired) electrons. The first-order valence-electron chi connectivity index (χ1n) is 20.4. The lowest BCUT2D eigenvalue weighted by Crippen LogP contribution is -2.10. The fraction of sp³-hybridized carbons (Fsp3) is 0. The van der Waals surface area contributed by atoms with Crippen molar-refractivity contribution in [1.82, 2.24) is 0 Å². The van der Waals surface area contributed by atoms with E-state index in [-0.39, 0.29) is 0 Å². The molecule has 12 rings (SSSR count). The van der Waals surface area contributed by atoms with Gasteiger partial charge in [0.25, 0.3) is 0 Å². The first-order valence-corrected chi connectivity index (χ1v) is 20.4. The zero-order valence-corrected chi connectivity index (χ0v) is 32.3. The van der Waals surface area contributed by atoms with Crippen molar-refractivity contribution in [1.29, 1.82) is 0 Å². The highest BCUT2D eigenvalue weighted by atomic mass is 15.1. The van der Waals surface area contributed by atoms with Gasteiger partial charge in [0.1, 0.15) is 0 Å². The third kappa shape index (κ3) is 5.47. The Morgan fingerprint density at radius 2 is 0.576 bits per heavy atom. The highest BCUT2D eigenvalue weighted by Gasteiger charge is 2.17. The van der Waals surface area contributed by atoms with Gasteiger partial charge in [0.2, 0.25) is 0 Å². The van der Waals surface area contributed by atoms with Gasteiger partial charge in [0, 0.05) is 17.1 Å². The molecule has 1 heteroatoms. The summed E-state index contributed by atoms with van der Waals surface area (Å²) in [4.78, 5) is 2.41. The van der Waals surface area contributed by atoms with Crippen molar-refractivity contribution in [2.45, 2.75) is 0 Å². The minimum atomic E-state index is 1.10. The molecule has 0 saturated carbocycles. The molecule has 0 bridgehead atoms. The molecule has 0 aliphatic heterocycles. The van der Waals surface area contributed by atoms with Gasteiger partial charge in [0.15, 0.2) is 0 Å². The van der Waals surface area contributed by atoms with Crippen LogP contribution in [0.5, 0.6) is 0 Å². The summed E-state index contributed by atoms with van der Waals surface area (Å²) < 4.78 is 0. The zero-order chi connectivity index (χ0) is 38.9. The Bertz CT molecular complexity index is 3550. The molecule has 0 aliphatic rings. The Morgan fingerprint density at radius 3 is 1.17 bits per heavy atom. The summed E-state index contributed by atoms with van der Waals surface area (Å²) in [5.41, 5.74) is 8.11. The molecule has 0 heterocycles. The maximum atomic E-state index is 2.41. The van der Waals surface area contributed by atoms with Gasteiger partial charge in [-0.1, -0.05) is 176 Å². The summed E-state index contributed by atoms with van der Waals surface area (Å²) in [5.74, 6) is 0. The first-order chi connectivity index (χ1) is 29.2. The van der Waals surface area contributed by atoms with E-state index in [1.807, 2.05) is 0 Å². The third-order valence-corrected chi connectivity index (χ3v) is 12.4. The fourth-order valence-corrected chi connectivity index (χ4v) is 9.57. The minimum absolute atomic E-state index is 1.10. The van der Waals surface area contributed by atoms with Gasteiger partial charge in [-0.05, 0) is 146 Å². The summed E-state index contributed by atoms with van der Waals surface area (Å²) >= 11 is 0. The lowest BCUT2D eigenvalue weighted by Gasteiger charge is -2.27. The highest BCUT2D eigenvalue weighted by molar-refractivity contribution is 6.27. The smallest absolute Gasteiger partial charge is 0.0468 e. The number of hydrogen-bond donors (Lipinski definition) is 0. The zero-order valence-electron chi connectivity index (χ0n) is 32.3. The summed E-state index contributed by atoms with van der Waals surface area (Å²) in [7, 11) is 0. The maximum Gasteiger partial charge on any atom is 0.0468 e. The van der Waals surface area contributed by atoms with E-state index in [1.165, 1.54) is 97.7 Å². The van der Waals surface area contributed by atoms with Crippen LogP contribution in [0.4, 0.5) is 17.1 Å². The molecule has 0 N–H and O–H groups in total. The maximum absolute atomic E-state index is 2.41. The van der Waals surface area contributed by atoms with E-state index < -0.39 is 0 Å². The second-order valence-electron chi connectivity index (χ2n) is 15.7. The molecule has 12 aromatic carbocycles. The van der Waals surface area contributed by atoms with Gasteiger partial charge in [-0.3, -0.25) is 0 Å². The second-order valence-corrected chi connectivity index (χ2v) is 15.7. The predicted octanol–water partition coefficient (Wildman–Crippen LogP) is 16.6. The Balaban J connectivity index is 1.03. The molecule has 1 nitrogen and oxygen atoms in total. The molecule has 0 unspecified atom stereocenters. The van der Waals surface area contributed by atoms with Crippen LogP contribution in [0, 0.1) is 0 Å². The summed E-state index contributed by atoms with van der Waals surface area (Å²) in [6, 6.07) is 82.6. The van der Waals surface area contributed by atoms with Crippen LogP contribution in [-0.4, -0.2) is 0 Å². The molecular formula is C58H37N. The predicted molar refractivity (Wildman–Crippen MR) is 255 cm³/mol.